The van der Waals surface area contributed by atoms with Crippen LogP contribution in [0.4, 0.5) is 5.95 Å². The third kappa shape index (κ3) is 1.45. The van der Waals surface area contributed by atoms with Crippen molar-refractivity contribution in [3.8, 4) is 0 Å². The number of aromatic nitrogens is 7. The molecule has 0 amide bonds. The van der Waals surface area contributed by atoms with E-state index in [0.29, 0.717) is 12.4 Å². The SMILES string of the molecule is Cn1nnnc1Cn1cnc(N)n1. The van der Waals surface area contributed by atoms with Crippen molar-refractivity contribution in [3.63, 3.8) is 0 Å². The molecule has 0 aromatic carbocycles. The second-order valence-corrected chi connectivity index (χ2v) is 2.52. The van der Waals surface area contributed by atoms with E-state index in [-0.39, 0.29) is 5.95 Å². The molecule has 0 unspecified atom stereocenters. The monoisotopic (exact) mass is 180 g/mol. The Bertz CT molecular complexity index is 400. The lowest BCUT2D eigenvalue weighted by Crippen LogP contribution is -2.07. The highest BCUT2D eigenvalue weighted by Crippen LogP contribution is 1.95. The van der Waals surface area contributed by atoms with E-state index in [1.165, 1.54) is 6.33 Å². The van der Waals surface area contributed by atoms with Gasteiger partial charge in [-0.15, -0.1) is 10.2 Å². The van der Waals surface area contributed by atoms with Crippen LogP contribution >= 0.6 is 0 Å². The molecule has 0 radical (unpaired) electrons. The third-order valence-corrected chi connectivity index (χ3v) is 1.57. The molecule has 2 rings (SSSR count). The van der Waals surface area contributed by atoms with Crippen molar-refractivity contribution < 1.29 is 0 Å². The maximum atomic E-state index is 5.34. The number of anilines is 1. The third-order valence-electron chi connectivity index (χ3n) is 1.57. The molecule has 0 saturated carbocycles. The van der Waals surface area contributed by atoms with E-state index in [0.717, 1.165) is 0 Å². The number of nitrogens with two attached hydrogens (primary N) is 1. The first kappa shape index (κ1) is 7.65. The molecule has 2 aromatic heterocycles. The summed E-state index contributed by atoms with van der Waals surface area (Å²) in [6.07, 6.45) is 1.53. The Morgan fingerprint density at radius 3 is 2.92 bits per heavy atom. The Balaban J connectivity index is 2.19. The summed E-state index contributed by atoms with van der Waals surface area (Å²) in [5, 5.41) is 14.9. The Labute approximate surface area is 73.4 Å². The first-order valence-corrected chi connectivity index (χ1v) is 3.62. The number of nitrogens with zero attached hydrogens (tertiary/aromatic N) is 7. The highest BCUT2D eigenvalue weighted by molar-refractivity contribution is 5.09. The summed E-state index contributed by atoms with van der Waals surface area (Å²) in [6.45, 7) is 0.466. The predicted octanol–water partition coefficient (Wildman–Crippen LogP) is -1.57. The van der Waals surface area contributed by atoms with E-state index in [4.69, 9.17) is 5.73 Å². The van der Waals surface area contributed by atoms with Gasteiger partial charge in [0.2, 0.25) is 5.95 Å². The molecule has 0 saturated heterocycles. The summed E-state index contributed by atoms with van der Waals surface area (Å²) in [5.74, 6) is 0.944. The highest BCUT2D eigenvalue weighted by atomic mass is 15.5. The van der Waals surface area contributed by atoms with Crippen LogP contribution in [0.15, 0.2) is 6.33 Å². The Hall–Kier alpha value is -1.99. The molecule has 13 heavy (non-hydrogen) atoms. The van der Waals surface area contributed by atoms with Crippen molar-refractivity contribution >= 4 is 5.95 Å². The van der Waals surface area contributed by atoms with Crippen LogP contribution in [0.1, 0.15) is 5.82 Å². The summed E-state index contributed by atoms with van der Waals surface area (Å²) in [4.78, 5) is 3.78. The molecule has 2 N–H and O–H groups in total. The van der Waals surface area contributed by atoms with E-state index >= 15 is 0 Å². The predicted molar refractivity (Wildman–Crippen MR) is 42.3 cm³/mol. The van der Waals surface area contributed by atoms with Gasteiger partial charge in [-0.1, -0.05) is 0 Å². The van der Waals surface area contributed by atoms with Gasteiger partial charge in [0.15, 0.2) is 5.82 Å². The number of rotatable bonds is 2. The first-order valence-electron chi connectivity index (χ1n) is 3.62. The van der Waals surface area contributed by atoms with Gasteiger partial charge in [-0.2, -0.15) is 0 Å². The van der Waals surface area contributed by atoms with Gasteiger partial charge in [-0.05, 0) is 10.4 Å². The van der Waals surface area contributed by atoms with Crippen LogP contribution in [0.5, 0.6) is 0 Å². The van der Waals surface area contributed by atoms with Crippen LogP contribution in [0.3, 0.4) is 0 Å². The minimum Gasteiger partial charge on any atom is -0.367 e. The number of hydrogen-bond donors (Lipinski definition) is 1. The molecule has 8 heteroatoms. The number of aryl methyl sites for hydroxylation is 1. The van der Waals surface area contributed by atoms with Gasteiger partial charge in [0.1, 0.15) is 12.9 Å². The quantitative estimate of drug-likeness (QED) is 0.599. The van der Waals surface area contributed by atoms with Crippen LogP contribution in [-0.4, -0.2) is 35.0 Å². The van der Waals surface area contributed by atoms with E-state index in [9.17, 15) is 0 Å². The molecule has 0 aliphatic carbocycles. The highest BCUT2D eigenvalue weighted by Gasteiger charge is 2.03. The summed E-state index contributed by atoms with van der Waals surface area (Å²) in [5.41, 5.74) is 5.34. The van der Waals surface area contributed by atoms with Gasteiger partial charge in [0.25, 0.3) is 0 Å². The van der Waals surface area contributed by atoms with Crippen molar-refractivity contribution in [2.75, 3.05) is 5.73 Å². The fourth-order valence-corrected chi connectivity index (χ4v) is 0.912. The number of tetrazole rings is 1. The minimum absolute atomic E-state index is 0.245. The molecule has 2 aromatic rings. The van der Waals surface area contributed by atoms with Crippen LogP contribution in [-0.2, 0) is 13.6 Å². The minimum atomic E-state index is 0.245. The lowest BCUT2D eigenvalue weighted by Gasteiger charge is -1.96. The van der Waals surface area contributed by atoms with E-state index in [2.05, 4.69) is 25.6 Å². The number of hydrogen-bond acceptors (Lipinski definition) is 6. The van der Waals surface area contributed by atoms with Crippen LogP contribution < -0.4 is 5.73 Å². The van der Waals surface area contributed by atoms with Gasteiger partial charge < -0.3 is 5.73 Å². The van der Waals surface area contributed by atoms with Crippen molar-refractivity contribution in [3.05, 3.63) is 12.2 Å². The van der Waals surface area contributed by atoms with Crippen LogP contribution in [0.2, 0.25) is 0 Å². The number of nitrogen functional groups attached to an aromatic ring is 1. The second kappa shape index (κ2) is 2.81. The lowest BCUT2D eigenvalue weighted by molar-refractivity contribution is 0.606. The molecule has 8 nitrogen and oxygen atoms in total. The van der Waals surface area contributed by atoms with E-state index in [1.807, 2.05) is 0 Å². The van der Waals surface area contributed by atoms with Crippen molar-refractivity contribution in [2.24, 2.45) is 7.05 Å². The van der Waals surface area contributed by atoms with Crippen LogP contribution in [0.25, 0.3) is 0 Å². The van der Waals surface area contributed by atoms with Gasteiger partial charge in [-0.3, -0.25) is 0 Å². The molecular weight excluding hydrogens is 172 g/mol. The van der Waals surface area contributed by atoms with Gasteiger partial charge >= 0.3 is 0 Å². The zero-order valence-corrected chi connectivity index (χ0v) is 6.99. The summed E-state index contributed by atoms with van der Waals surface area (Å²) in [6, 6.07) is 0. The Morgan fingerprint density at radius 1 is 1.54 bits per heavy atom. The van der Waals surface area contributed by atoms with Gasteiger partial charge in [0, 0.05) is 7.05 Å². The van der Waals surface area contributed by atoms with Crippen molar-refractivity contribution in [1.82, 2.24) is 35.0 Å². The molecule has 2 heterocycles. The van der Waals surface area contributed by atoms with Crippen molar-refractivity contribution in [1.29, 1.82) is 0 Å². The summed E-state index contributed by atoms with van der Waals surface area (Å²) in [7, 11) is 1.76. The second-order valence-electron chi connectivity index (χ2n) is 2.52. The lowest BCUT2D eigenvalue weighted by atomic mass is 10.6. The normalized spacial score (nSPS) is 10.5. The fourth-order valence-electron chi connectivity index (χ4n) is 0.912. The maximum absolute atomic E-state index is 5.34. The molecular formula is C5H8N8. The van der Waals surface area contributed by atoms with Gasteiger partial charge in [-0.25, -0.2) is 14.3 Å². The molecule has 0 aliphatic rings. The average molecular weight is 180 g/mol. The largest absolute Gasteiger partial charge is 0.367 e. The standard InChI is InChI=1S/C5H8N8/c1-12-4(8-10-11-12)2-13-3-7-5(6)9-13/h3H,2H2,1H3,(H2,6,9). The van der Waals surface area contributed by atoms with E-state index < -0.39 is 0 Å². The summed E-state index contributed by atoms with van der Waals surface area (Å²) < 4.78 is 3.14. The molecule has 0 aliphatic heterocycles. The molecule has 0 bridgehead atoms. The Kier molecular flexibility index (Phi) is 1.65. The zero-order chi connectivity index (χ0) is 9.26. The first-order chi connectivity index (χ1) is 6.25. The average Bonchev–Trinajstić information content (AvgIpc) is 2.64. The smallest absolute Gasteiger partial charge is 0.239 e. The molecule has 0 atom stereocenters. The van der Waals surface area contributed by atoms with E-state index in [1.54, 1.807) is 16.4 Å². The summed E-state index contributed by atoms with van der Waals surface area (Å²) >= 11 is 0. The maximum Gasteiger partial charge on any atom is 0.239 e. The molecule has 0 spiro atoms. The van der Waals surface area contributed by atoms with Gasteiger partial charge in [0.05, 0.1) is 0 Å². The van der Waals surface area contributed by atoms with Crippen molar-refractivity contribution in [2.45, 2.75) is 6.54 Å². The van der Waals surface area contributed by atoms with Crippen LogP contribution in [0, 0.1) is 0 Å². The Morgan fingerprint density at radius 2 is 2.38 bits per heavy atom. The zero-order valence-electron chi connectivity index (χ0n) is 6.99. The molecule has 68 valence electrons. The fraction of sp³-hybridized carbons (Fsp3) is 0.400. The topological polar surface area (TPSA) is 100 Å². The molecule has 0 fully saturated rings.